The number of hydrogen-bond donors (Lipinski definition) is 6. The molecule has 422 valence electrons. The summed E-state index contributed by atoms with van der Waals surface area (Å²) in [4.78, 5) is 38.4. The van der Waals surface area contributed by atoms with Crippen LogP contribution in [-0.2, 0) is 22.6 Å². The lowest BCUT2D eigenvalue weighted by molar-refractivity contribution is -0.587. The summed E-state index contributed by atoms with van der Waals surface area (Å²) in [6, 6.07) is 22.1. The number of nitrogens with zero attached hydrogens (tertiary/aromatic N) is 10. The lowest BCUT2D eigenvalue weighted by Gasteiger charge is -2.26. The van der Waals surface area contributed by atoms with Crippen LogP contribution in [0.1, 0.15) is 122 Å². The van der Waals surface area contributed by atoms with Crippen LogP contribution in [0.4, 0.5) is 0 Å². The first kappa shape index (κ1) is 56.8. The van der Waals surface area contributed by atoms with E-state index in [0.717, 1.165) is 76.3 Å². The topological polar surface area (TPSA) is 223 Å². The van der Waals surface area contributed by atoms with Crippen LogP contribution in [-0.4, -0.2) is 175 Å². The highest BCUT2D eigenvalue weighted by Crippen LogP contribution is 2.40. The van der Waals surface area contributed by atoms with Crippen molar-refractivity contribution in [3.05, 3.63) is 107 Å². The number of phenolic OH excluding ortho intramolecular Hbond substituents is 4. The van der Waals surface area contributed by atoms with Crippen LogP contribution in [0.2, 0.25) is 0 Å². The van der Waals surface area contributed by atoms with Crippen molar-refractivity contribution in [2.24, 2.45) is 0 Å². The molecule has 0 saturated carbocycles. The summed E-state index contributed by atoms with van der Waals surface area (Å²) in [6.07, 6.45) is 1.85. The van der Waals surface area contributed by atoms with Gasteiger partial charge in [0.05, 0.1) is 37.6 Å². The monoisotopic (exact) mass is 1080 g/mol. The SMILES string of the molecule is CCN(CC)Cc1ccc(-[n+]2c(-c3cc(C(C)C)c(O)cc3O)nn(C3CCCN3Cc3ccc(-n4c(C(=O)NCCCN5CCOCC5)nnc4-c4cc(C(C)C)c(O)cc4O)cc3)c2C(=O)NCCN2CCOCC2)cc1. The quantitative estimate of drug-likeness (QED) is 0.0325. The van der Waals surface area contributed by atoms with Crippen molar-refractivity contribution >= 4 is 11.8 Å². The van der Waals surface area contributed by atoms with E-state index >= 15 is 4.79 Å². The number of carbonyl (C=O) groups is 2. The number of likely N-dealkylation sites (tertiary alicyclic amines) is 1. The first-order valence-electron chi connectivity index (χ1n) is 28.2. The van der Waals surface area contributed by atoms with Gasteiger partial charge in [0.1, 0.15) is 28.7 Å². The molecule has 3 saturated heterocycles. The van der Waals surface area contributed by atoms with E-state index in [0.29, 0.717) is 111 Å². The van der Waals surface area contributed by atoms with E-state index in [-0.39, 0.29) is 58.6 Å². The Morgan fingerprint density at radius 2 is 1.28 bits per heavy atom. The minimum absolute atomic E-state index is 0.0223. The molecule has 9 rings (SSSR count). The van der Waals surface area contributed by atoms with Crippen molar-refractivity contribution in [1.29, 1.82) is 0 Å². The molecule has 0 spiro atoms. The van der Waals surface area contributed by atoms with E-state index in [1.807, 2.05) is 73.3 Å². The van der Waals surface area contributed by atoms with Gasteiger partial charge in [-0.3, -0.25) is 33.8 Å². The second kappa shape index (κ2) is 25.9. The third kappa shape index (κ3) is 13.1. The Labute approximate surface area is 463 Å². The zero-order chi connectivity index (χ0) is 55.7. The number of hydrogen-bond acceptors (Lipinski definition) is 15. The van der Waals surface area contributed by atoms with Gasteiger partial charge < -0.3 is 40.5 Å². The Hall–Kier alpha value is -6.94. The van der Waals surface area contributed by atoms with Gasteiger partial charge in [-0.1, -0.05) is 70.5 Å². The fourth-order valence-electron chi connectivity index (χ4n) is 10.9. The summed E-state index contributed by atoms with van der Waals surface area (Å²) in [7, 11) is 0. The highest BCUT2D eigenvalue weighted by molar-refractivity contribution is 5.92. The van der Waals surface area contributed by atoms with Crippen molar-refractivity contribution < 1.29 is 44.1 Å². The van der Waals surface area contributed by atoms with Gasteiger partial charge in [-0.05, 0) is 109 Å². The summed E-state index contributed by atoms with van der Waals surface area (Å²) in [5.41, 5.74) is 5.30. The van der Waals surface area contributed by atoms with Crippen LogP contribution >= 0.6 is 0 Å². The zero-order valence-corrected chi connectivity index (χ0v) is 46.7. The van der Waals surface area contributed by atoms with E-state index in [4.69, 9.17) is 14.6 Å². The van der Waals surface area contributed by atoms with E-state index < -0.39 is 5.91 Å². The van der Waals surface area contributed by atoms with Crippen molar-refractivity contribution in [2.75, 3.05) is 98.4 Å². The van der Waals surface area contributed by atoms with Crippen LogP contribution in [0, 0.1) is 0 Å². The predicted molar refractivity (Wildman–Crippen MR) is 300 cm³/mol. The molecule has 2 aromatic heterocycles. The van der Waals surface area contributed by atoms with E-state index in [1.165, 1.54) is 12.1 Å². The molecule has 3 fully saturated rings. The van der Waals surface area contributed by atoms with Crippen molar-refractivity contribution in [3.63, 3.8) is 0 Å². The number of ether oxygens (including phenoxy) is 2. The standard InChI is InChI=1S/C59H78N12O8/c1-7-65(8-2)37-41-12-18-44(19-13-41)70-55(48-34-46(40(5)6)50(73)36-52(48)75)64-71(59(70)58(77)61-21-24-67-27-31-79-32-28-67)53-11-9-23-68(53)38-42-14-16-43(17-15-42)69-54(47-33-45(39(3)4)49(72)35-51(47)74)62-63-56(69)57(76)60-20-10-22-66-25-29-78-30-26-66/h12-19,33-36,39-40,53H,7-11,20-32,37-38H2,1-6H3,(H5-,60,61,62,64,72,73,74,75,76,77)/p+1. The van der Waals surface area contributed by atoms with Crippen LogP contribution in [0.3, 0.4) is 0 Å². The summed E-state index contributed by atoms with van der Waals surface area (Å²) in [6.45, 7) is 24.1. The predicted octanol–water partition coefficient (Wildman–Crippen LogP) is 6.29. The normalized spacial score (nSPS) is 16.6. The van der Waals surface area contributed by atoms with Gasteiger partial charge in [0, 0.05) is 88.4 Å². The second-order valence-electron chi connectivity index (χ2n) is 21.4. The number of aromatic nitrogens is 6. The number of carbonyl (C=O) groups excluding carboxylic acids is 2. The highest BCUT2D eigenvalue weighted by Gasteiger charge is 2.42. The van der Waals surface area contributed by atoms with Gasteiger partial charge in [-0.25, -0.2) is 0 Å². The maximum absolute atomic E-state index is 15.1. The number of nitrogens with one attached hydrogen (secondary N) is 2. The largest absolute Gasteiger partial charge is 0.508 e. The van der Waals surface area contributed by atoms with Gasteiger partial charge in [0.25, 0.3) is 5.91 Å². The number of phenols is 4. The Balaban J connectivity index is 1.07. The zero-order valence-electron chi connectivity index (χ0n) is 46.7. The molecular formula is C59H79N12O8+. The van der Waals surface area contributed by atoms with Crippen LogP contribution in [0.25, 0.3) is 34.2 Å². The molecule has 20 heteroatoms. The van der Waals surface area contributed by atoms with Crippen molar-refractivity contribution in [3.8, 4) is 57.1 Å². The van der Waals surface area contributed by atoms with Gasteiger partial charge >= 0.3 is 17.6 Å². The number of rotatable bonds is 22. The average Bonchev–Trinajstić information content (AvgIpc) is 4.27. The molecule has 3 aliphatic rings. The average molecular weight is 1080 g/mol. The molecule has 2 amide bonds. The molecule has 6 aromatic rings. The Morgan fingerprint density at radius 3 is 1.90 bits per heavy atom. The summed E-state index contributed by atoms with van der Waals surface area (Å²) < 4.78 is 16.4. The van der Waals surface area contributed by atoms with Crippen LogP contribution in [0.15, 0.2) is 72.8 Å². The van der Waals surface area contributed by atoms with Crippen molar-refractivity contribution in [1.82, 2.24) is 54.8 Å². The number of aromatic hydroxyl groups is 4. The molecule has 0 bridgehead atoms. The second-order valence-corrected chi connectivity index (χ2v) is 21.4. The molecule has 5 heterocycles. The smallest absolute Gasteiger partial charge is 0.333 e. The van der Waals surface area contributed by atoms with Crippen molar-refractivity contribution in [2.45, 2.75) is 91.9 Å². The fourth-order valence-corrected chi connectivity index (χ4v) is 10.9. The number of amides is 2. The molecule has 0 aliphatic carbocycles. The molecule has 79 heavy (non-hydrogen) atoms. The fraction of sp³-hybridized carbons (Fsp3) is 0.492. The van der Waals surface area contributed by atoms with Gasteiger partial charge in [0.2, 0.25) is 5.82 Å². The lowest BCUT2D eigenvalue weighted by Crippen LogP contribution is -2.46. The minimum atomic E-state index is -0.416. The third-order valence-electron chi connectivity index (χ3n) is 15.5. The summed E-state index contributed by atoms with van der Waals surface area (Å²) in [5, 5.41) is 65.3. The summed E-state index contributed by atoms with van der Waals surface area (Å²) >= 11 is 0. The minimum Gasteiger partial charge on any atom is -0.508 e. The molecule has 0 radical (unpaired) electrons. The van der Waals surface area contributed by atoms with Gasteiger partial charge in [-0.15, -0.1) is 10.2 Å². The maximum atomic E-state index is 15.1. The number of benzene rings is 4. The first-order valence-corrected chi connectivity index (χ1v) is 28.2. The van der Waals surface area contributed by atoms with E-state index in [9.17, 15) is 25.2 Å². The molecule has 3 aliphatic heterocycles. The lowest BCUT2D eigenvalue weighted by atomic mass is 9.98. The summed E-state index contributed by atoms with van der Waals surface area (Å²) in [5.74, 6) is -0.386. The van der Waals surface area contributed by atoms with Crippen LogP contribution < -0.4 is 15.2 Å². The first-order chi connectivity index (χ1) is 38.2. The van der Waals surface area contributed by atoms with Crippen LogP contribution in [0.5, 0.6) is 23.0 Å². The Morgan fingerprint density at radius 1 is 0.696 bits per heavy atom. The molecular weight excluding hydrogens is 1000 g/mol. The molecule has 6 N–H and O–H groups in total. The van der Waals surface area contributed by atoms with Gasteiger partial charge in [0.15, 0.2) is 12.0 Å². The molecule has 4 aromatic carbocycles. The molecule has 20 nitrogen and oxygen atoms in total. The Kier molecular flexibility index (Phi) is 18.6. The van der Waals surface area contributed by atoms with E-state index in [2.05, 4.69) is 66.4 Å². The Bertz CT molecular complexity index is 3030. The van der Waals surface area contributed by atoms with Gasteiger partial charge in [-0.2, -0.15) is 4.57 Å². The highest BCUT2D eigenvalue weighted by atomic mass is 16.5. The molecule has 1 atom stereocenters. The molecule has 1 unspecified atom stereocenters. The number of morpholine rings is 2. The third-order valence-corrected chi connectivity index (χ3v) is 15.5. The van der Waals surface area contributed by atoms with E-state index in [1.54, 1.807) is 16.7 Å². The maximum Gasteiger partial charge on any atom is 0.333 e.